The molecule has 0 radical (unpaired) electrons. The smallest absolute Gasteiger partial charge is 0.343 e. The molecule has 2 aromatic rings. The predicted molar refractivity (Wildman–Crippen MR) is 113 cm³/mol. The van der Waals surface area contributed by atoms with Crippen LogP contribution in [0.25, 0.3) is 0 Å². The van der Waals surface area contributed by atoms with Crippen LogP contribution in [0.5, 0.6) is 17.2 Å². The molecule has 1 atom stereocenters. The zero-order valence-electron chi connectivity index (χ0n) is 17.1. The van der Waals surface area contributed by atoms with Gasteiger partial charge in [0, 0.05) is 37.9 Å². The van der Waals surface area contributed by atoms with Gasteiger partial charge in [-0.3, -0.25) is 0 Å². The van der Waals surface area contributed by atoms with E-state index < -0.39 is 17.0 Å². The Morgan fingerprint density at radius 1 is 1.07 bits per heavy atom. The fourth-order valence-corrected chi connectivity index (χ4v) is 4.25. The Morgan fingerprint density at radius 3 is 2.40 bits per heavy atom. The second-order valence-corrected chi connectivity index (χ2v) is 8.07. The third-order valence-corrected chi connectivity index (χ3v) is 6.20. The Hall–Kier alpha value is -2.78. The fraction of sp³-hybridized carbons (Fsp3) is 0.381. The molecule has 8 nitrogen and oxygen atoms in total. The van der Waals surface area contributed by atoms with Crippen LogP contribution >= 0.6 is 0 Å². The van der Waals surface area contributed by atoms with E-state index in [0.717, 1.165) is 16.3 Å². The van der Waals surface area contributed by atoms with Gasteiger partial charge in [0.05, 0.1) is 18.6 Å². The van der Waals surface area contributed by atoms with E-state index in [4.69, 9.17) is 9.47 Å². The van der Waals surface area contributed by atoms with E-state index in [1.54, 1.807) is 12.1 Å². The number of benzene rings is 2. The van der Waals surface area contributed by atoms with E-state index >= 15 is 0 Å². The average molecular weight is 435 g/mol. The fourth-order valence-electron chi connectivity index (χ4n) is 3.09. The van der Waals surface area contributed by atoms with Gasteiger partial charge in [-0.05, 0) is 43.3 Å². The van der Waals surface area contributed by atoms with Crippen molar-refractivity contribution in [2.45, 2.75) is 11.8 Å². The second-order valence-electron chi connectivity index (χ2n) is 6.59. The van der Waals surface area contributed by atoms with Crippen LogP contribution in [0.2, 0.25) is 0 Å². The summed E-state index contributed by atoms with van der Waals surface area (Å²) in [7, 11) is 0.0407. The number of carbonyl (C=O) groups is 1. The zero-order valence-corrected chi connectivity index (χ0v) is 17.9. The molecule has 2 aromatic carbocycles. The Labute approximate surface area is 178 Å². The molecule has 0 aliphatic carbocycles. The minimum absolute atomic E-state index is 0.0436. The van der Waals surface area contributed by atoms with Gasteiger partial charge in [-0.2, -0.15) is 0 Å². The highest BCUT2D eigenvalue weighted by Crippen LogP contribution is 2.31. The molecule has 0 amide bonds. The van der Waals surface area contributed by atoms with Crippen molar-refractivity contribution >= 4 is 22.6 Å². The van der Waals surface area contributed by atoms with Crippen molar-refractivity contribution in [2.75, 3.05) is 51.4 Å². The second kappa shape index (κ2) is 10.3. The third-order valence-electron chi connectivity index (χ3n) is 4.69. The standard InChI is InChI=1S/C21H26N2O6S/c1-3-28-17-5-7-18(8-6-17)30(26)23-12-10-22(11-13-23)16-4-9-19(24)20(14-16)29-15-21(25)27-2/h4-9,14,24H,3,10-13,15H2,1-2H3. The Bertz CT molecular complexity index is 882. The predicted octanol–water partition coefficient (Wildman–Crippen LogP) is 2.19. The van der Waals surface area contributed by atoms with Crippen molar-refractivity contribution < 1.29 is 28.3 Å². The van der Waals surface area contributed by atoms with E-state index in [2.05, 4.69) is 9.64 Å². The van der Waals surface area contributed by atoms with E-state index in [9.17, 15) is 14.1 Å². The Morgan fingerprint density at radius 2 is 1.77 bits per heavy atom. The van der Waals surface area contributed by atoms with Crippen LogP contribution < -0.4 is 14.4 Å². The number of anilines is 1. The summed E-state index contributed by atoms with van der Waals surface area (Å²) in [5, 5.41) is 9.96. The van der Waals surface area contributed by atoms with Crippen LogP contribution in [-0.2, 0) is 20.5 Å². The van der Waals surface area contributed by atoms with Crippen LogP contribution in [0.1, 0.15) is 6.92 Å². The van der Waals surface area contributed by atoms with Gasteiger partial charge in [-0.15, -0.1) is 0 Å². The monoisotopic (exact) mass is 434 g/mol. The molecule has 1 unspecified atom stereocenters. The number of piperazine rings is 1. The number of hydrogen-bond donors (Lipinski definition) is 1. The van der Waals surface area contributed by atoms with Crippen LogP contribution in [-0.4, -0.2) is 66.1 Å². The van der Waals surface area contributed by atoms with Gasteiger partial charge in [0.1, 0.15) is 16.7 Å². The lowest BCUT2D eigenvalue weighted by atomic mass is 10.2. The molecule has 0 saturated carbocycles. The van der Waals surface area contributed by atoms with Crippen LogP contribution in [0, 0.1) is 0 Å². The highest BCUT2D eigenvalue weighted by atomic mass is 32.2. The van der Waals surface area contributed by atoms with Crippen molar-refractivity contribution in [1.82, 2.24) is 4.31 Å². The quantitative estimate of drug-likeness (QED) is 0.637. The third kappa shape index (κ3) is 5.43. The van der Waals surface area contributed by atoms with Gasteiger partial charge >= 0.3 is 5.97 Å². The first-order chi connectivity index (χ1) is 14.5. The van der Waals surface area contributed by atoms with Gasteiger partial charge in [0.15, 0.2) is 18.1 Å². The number of ether oxygens (including phenoxy) is 3. The van der Waals surface area contributed by atoms with Gasteiger partial charge in [-0.25, -0.2) is 13.3 Å². The van der Waals surface area contributed by atoms with Gasteiger partial charge in [-0.1, -0.05) is 0 Å². The van der Waals surface area contributed by atoms with Crippen molar-refractivity contribution in [3.63, 3.8) is 0 Å². The average Bonchev–Trinajstić information content (AvgIpc) is 2.78. The SMILES string of the molecule is CCOc1ccc(S(=O)N2CCN(c3ccc(O)c(OCC(=O)OC)c3)CC2)cc1. The first kappa shape index (κ1) is 21.9. The summed E-state index contributed by atoms with van der Waals surface area (Å²) in [5.41, 5.74) is 0.860. The summed E-state index contributed by atoms with van der Waals surface area (Å²) in [6.07, 6.45) is 0. The Balaban J connectivity index is 1.59. The van der Waals surface area contributed by atoms with E-state index in [-0.39, 0.29) is 18.1 Å². The molecule has 30 heavy (non-hydrogen) atoms. The number of rotatable bonds is 8. The lowest BCUT2D eigenvalue weighted by Crippen LogP contribution is -2.46. The molecule has 1 aliphatic heterocycles. The lowest BCUT2D eigenvalue weighted by molar-refractivity contribution is -0.142. The topological polar surface area (TPSA) is 88.5 Å². The first-order valence-electron chi connectivity index (χ1n) is 9.69. The summed E-state index contributed by atoms with van der Waals surface area (Å²) in [4.78, 5) is 14.1. The van der Waals surface area contributed by atoms with Crippen LogP contribution in [0.4, 0.5) is 5.69 Å². The van der Waals surface area contributed by atoms with E-state index in [1.807, 2.05) is 35.5 Å². The van der Waals surface area contributed by atoms with E-state index in [0.29, 0.717) is 32.8 Å². The molecule has 1 aliphatic rings. The highest BCUT2D eigenvalue weighted by Gasteiger charge is 2.23. The summed E-state index contributed by atoms with van der Waals surface area (Å²) < 4.78 is 30.1. The molecular weight excluding hydrogens is 408 g/mol. The number of phenolic OH excluding ortho intramolecular Hbond substituents is 1. The van der Waals surface area contributed by atoms with Gasteiger partial charge in [0.2, 0.25) is 0 Å². The molecule has 1 heterocycles. The van der Waals surface area contributed by atoms with Crippen molar-refractivity contribution in [3.05, 3.63) is 42.5 Å². The summed E-state index contributed by atoms with van der Waals surface area (Å²) >= 11 is 0. The first-order valence-corrected chi connectivity index (χ1v) is 10.8. The molecule has 0 aromatic heterocycles. The maximum atomic E-state index is 12.9. The molecule has 1 fully saturated rings. The molecular formula is C21H26N2O6S. The maximum Gasteiger partial charge on any atom is 0.343 e. The highest BCUT2D eigenvalue weighted by molar-refractivity contribution is 7.82. The molecule has 3 rings (SSSR count). The number of esters is 1. The lowest BCUT2D eigenvalue weighted by Gasteiger charge is -2.35. The summed E-state index contributed by atoms with van der Waals surface area (Å²) in [6, 6.07) is 12.3. The maximum absolute atomic E-state index is 12.9. The molecule has 0 bridgehead atoms. The molecule has 9 heteroatoms. The number of hydrogen-bond acceptors (Lipinski definition) is 7. The molecule has 1 N–H and O–H groups in total. The van der Waals surface area contributed by atoms with E-state index in [1.165, 1.54) is 13.2 Å². The molecule has 1 saturated heterocycles. The van der Waals surface area contributed by atoms with Gasteiger partial charge in [0.25, 0.3) is 0 Å². The summed E-state index contributed by atoms with van der Waals surface area (Å²) in [6.45, 7) is 4.83. The number of methoxy groups -OCH3 is 1. The summed E-state index contributed by atoms with van der Waals surface area (Å²) in [5.74, 6) is 0.419. The van der Waals surface area contributed by atoms with Crippen molar-refractivity contribution in [2.24, 2.45) is 0 Å². The molecule has 0 spiro atoms. The zero-order chi connectivity index (χ0) is 21.5. The normalized spacial score (nSPS) is 15.5. The number of aromatic hydroxyl groups is 1. The number of phenols is 1. The van der Waals surface area contributed by atoms with Crippen molar-refractivity contribution in [1.29, 1.82) is 0 Å². The molecule has 162 valence electrons. The minimum atomic E-state index is -1.24. The number of carbonyl (C=O) groups excluding carboxylic acids is 1. The Kier molecular flexibility index (Phi) is 7.53. The number of nitrogens with zero attached hydrogens (tertiary/aromatic N) is 2. The van der Waals surface area contributed by atoms with Crippen LogP contribution in [0.15, 0.2) is 47.4 Å². The van der Waals surface area contributed by atoms with Gasteiger partial charge < -0.3 is 24.2 Å². The van der Waals surface area contributed by atoms with Crippen molar-refractivity contribution in [3.8, 4) is 17.2 Å². The van der Waals surface area contributed by atoms with Crippen LogP contribution in [0.3, 0.4) is 0 Å². The largest absolute Gasteiger partial charge is 0.504 e. The minimum Gasteiger partial charge on any atom is -0.504 e.